The van der Waals surface area contributed by atoms with Crippen LogP contribution in [0.3, 0.4) is 0 Å². The van der Waals surface area contributed by atoms with Gasteiger partial charge in [0, 0.05) is 37.5 Å². The Morgan fingerprint density at radius 1 is 0.931 bits per heavy atom. The molecule has 0 aliphatic rings. The van der Waals surface area contributed by atoms with Crippen LogP contribution < -0.4 is 10.2 Å². The molecule has 0 atom stereocenters. The van der Waals surface area contributed by atoms with Crippen molar-refractivity contribution in [2.45, 2.75) is 32.6 Å². The van der Waals surface area contributed by atoms with Crippen LogP contribution in [0.15, 0.2) is 48.5 Å². The van der Waals surface area contributed by atoms with E-state index >= 15 is 0 Å². The minimum atomic E-state index is -0.570. The summed E-state index contributed by atoms with van der Waals surface area (Å²) < 4.78 is 4.96. The molecule has 0 saturated heterocycles. The molecule has 0 radical (unpaired) electrons. The summed E-state index contributed by atoms with van der Waals surface area (Å²) in [5.74, 6) is -1.11. The summed E-state index contributed by atoms with van der Waals surface area (Å²) >= 11 is 0. The van der Waals surface area contributed by atoms with Gasteiger partial charge in [-0.15, -0.1) is 0 Å². The molecule has 0 aliphatic heterocycles. The number of amides is 1. The van der Waals surface area contributed by atoms with Crippen LogP contribution in [0.25, 0.3) is 0 Å². The van der Waals surface area contributed by atoms with E-state index in [1.54, 1.807) is 24.3 Å². The number of nitrogens with zero attached hydrogens (tertiary/aromatic N) is 1. The fourth-order valence-corrected chi connectivity index (χ4v) is 2.76. The smallest absolute Gasteiger partial charge is 0.306 e. The number of nitrogens with one attached hydrogen (secondary N) is 1. The number of hydrogen-bond acceptors (Lipinski definition) is 5. The van der Waals surface area contributed by atoms with Crippen LogP contribution in [-0.2, 0) is 20.7 Å². The zero-order valence-electron chi connectivity index (χ0n) is 17.2. The summed E-state index contributed by atoms with van der Waals surface area (Å²) in [6.45, 7) is 1.72. The highest BCUT2D eigenvalue weighted by Crippen LogP contribution is 2.15. The summed E-state index contributed by atoms with van der Waals surface area (Å²) in [4.78, 5) is 37.9. The van der Waals surface area contributed by atoms with Gasteiger partial charge < -0.3 is 15.0 Å². The predicted octanol–water partition coefficient (Wildman–Crippen LogP) is 3.85. The fraction of sp³-hybridized carbons (Fsp3) is 0.348. The normalized spacial score (nSPS) is 10.3. The van der Waals surface area contributed by atoms with E-state index in [0.717, 1.165) is 18.5 Å². The second-order valence-electron chi connectivity index (χ2n) is 7.02. The Hall–Kier alpha value is -3.15. The summed E-state index contributed by atoms with van der Waals surface area (Å²) in [6.07, 6.45) is 2.02. The first-order valence-corrected chi connectivity index (χ1v) is 9.74. The Balaban J connectivity index is 1.71. The third kappa shape index (κ3) is 7.41. The van der Waals surface area contributed by atoms with Gasteiger partial charge in [0.25, 0.3) is 5.91 Å². The van der Waals surface area contributed by atoms with Crippen LogP contribution in [0.2, 0.25) is 0 Å². The maximum atomic E-state index is 12.2. The number of rotatable bonds is 10. The Kier molecular flexibility index (Phi) is 8.40. The number of carbonyl (C=O) groups excluding carboxylic acids is 3. The lowest BCUT2D eigenvalue weighted by atomic mass is 10.0. The summed E-state index contributed by atoms with van der Waals surface area (Å²) in [5.41, 5.74) is 3.40. The highest BCUT2D eigenvalue weighted by atomic mass is 16.5. The maximum Gasteiger partial charge on any atom is 0.306 e. The molecule has 2 aromatic rings. The summed E-state index contributed by atoms with van der Waals surface area (Å²) in [7, 11) is 3.86. The molecule has 154 valence electrons. The van der Waals surface area contributed by atoms with Crippen molar-refractivity contribution in [2.24, 2.45) is 0 Å². The monoisotopic (exact) mass is 396 g/mol. The van der Waals surface area contributed by atoms with Gasteiger partial charge in [0.15, 0.2) is 12.4 Å². The van der Waals surface area contributed by atoms with Gasteiger partial charge in [-0.25, -0.2) is 0 Å². The molecule has 0 aromatic heterocycles. The van der Waals surface area contributed by atoms with E-state index in [-0.39, 0.29) is 25.2 Å². The molecule has 2 aromatic carbocycles. The Morgan fingerprint density at radius 3 is 2.17 bits per heavy atom. The lowest BCUT2D eigenvalue weighted by Crippen LogP contribution is -2.21. The Bertz CT molecular complexity index is 827. The zero-order valence-corrected chi connectivity index (χ0v) is 17.2. The van der Waals surface area contributed by atoms with Crippen molar-refractivity contribution in [3.05, 3.63) is 59.7 Å². The molecule has 6 nitrogen and oxygen atoms in total. The van der Waals surface area contributed by atoms with Crippen LogP contribution in [0, 0.1) is 0 Å². The van der Waals surface area contributed by atoms with E-state index in [2.05, 4.69) is 12.2 Å². The van der Waals surface area contributed by atoms with Crippen molar-refractivity contribution in [3.63, 3.8) is 0 Å². The fourth-order valence-electron chi connectivity index (χ4n) is 2.76. The van der Waals surface area contributed by atoms with Gasteiger partial charge in [-0.3, -0.25) is 14.4 Å². The topological polar surface area (TPSA) is 75.7 Å². The molecule has 0 aliphatic carbocycles. The average Bonchev–Trinajstić information content (AvgIpc) is 2.71. The van der Waals surface area contributed by atoms with Crippen molar-refractivity contribution in [1.29, 1.82) is 0 Å². The molecule has 0 saturated carbocycles. The number of anilines is 2. The van der Waals surface area contributed by atoms with E-state index in [9.17, 15) is 14.4 Å². The number of ether oxygens (including phenoxy) is 1. The van der Waals surface area contributed by atoms with E-state index in [4.69, 9.17) is 4.74 Å². The van der Waals surface area contributed by atoms with Crippen molar-refractivity contribution < 1.29 is 19.1 Å². The van der Waals surface area contributed by atoms with Crippen molar-refractivity contribution in [3.8, 4) is 0 Å². The number of hydrogen-bond donors (Lipinski definition) is 1. The van der Waals surface area contributed by atoms with Gasteiger partial charge in [0.1, 0.15) is 0 Å². The lowest BCUT2D eigenvalue weighted by molar-refractivity contribution is -0.147. The number of benzene rings is 2. The first-order valence-electron chi connectivity index (χ1n) is 9.74. The Labute approximate surface area is 171 Å². The van der Waals surface area contributed by atoms with Gasteiger partial charge in [0.05, 0.1) is 6.42 Å². The molecule has 1 amide bonds. The Morgan fingerprint density at radius 2 is 1.59 bits per heavy atom. The van der Waals surface area contributed by atoms with Gasteiger partial charge in [0.2, 0.25) is 0 Å². The largest absolute Gasteiger partial charge is 0.456 e. The number of Topliss-reactive ketones (excluding diaryl/α,β-unsaturated/α-hetero) is 1. The van der Waals surface area contributed by atoms with E-state index in [0.29, 0.717) is 11.3 Å². The van der Waals surface area contributed by atoms with Crippen molar-refractivity contribution in [2.75, 3.05) is 30.9 Å². The summed E-state index contributed by atoms with van der Waals surface area (Å²) in [6, 6.07) is 14.7. The zero-order chi connectivity index (χ0) is 21.2. The highest BCUT2D eigenvalue weighted by molar-refractivity contribution is 5.98. The first-order chi connectivity index (χ1) is 13.9. The van der Waals surface area contributed by atoms with Crippen LogP contribution in [-0.4, -0.2) is 38.4 Å². The molecule has 0 fully saturated rings. The average molecular weight is 396 g/mol. The third-order valence-electron chi connectivity index (χ3n) is 4.40. The molecule has 6 heteroatoms. The molecule has 1 N–H and O–H groups in total. The van der Waals surface area contributed by atoms with Crippen molar-refractivity contribution >= 4 is 29.0 Å². The van der Waals surface area contributed by atoms with E-state index in [1.165, 1.54) is 5.56 Å². The second kappa shape index (κ2) is 11.0. The predicted molar refractivity (Wildman–Crippen MR) is 114 cm³/mol. The molecular weight excluding hydrogens is 368 g/mol. The second-order valence-corrected chi connectivity index (χ2v) is 7.02. The van der Waals surface area contributed by atoms with Crippen LogP contribution in [0.4, 0.5) is 11.4 Å². The van der Waals surface area contributed by atoms with E-state index < -0.39 is 11.9 Å². The molecule has 0 heterocycles. The van der Waals surface area contributed by atoms with Crippen molar-refractivity contribution in [1.82, 2.24) is 0 Å². The minimum absolute atomic E-state index is 0.0551. The van der Waals surface area contributed by atoms with Gasteiger partial charge in [-0.05, 0) is 36.2 Å². The van der Waals surface area contributed by atoms with Crippen LogP contribution in [0.5, 0.6) is 0 Å². The maximum absolute atomic E-state index is 12.2. The number of esters is 1. The van der Waals surface area contributed by atoms with Gasteiger partial charge >= 0.3 is 5.97 Å². The SMILES string of the molecule is CCCc1ccc(C(=O)CCC(=O)OCC(=O)Nc2ccc(N(C)C)cc2)cc1. The van der Waals surface area contributed by atoms with Crippen LogP contribution in [0.1, 0.15) is 42.1 Å². The number of carbonyl (C=O) groups is 3. The van der Waals surface area contributed by atoms with E-state index in [1.807, 2.05) is 43.3 Å². The standard InChI is InChI=1S/C23H28N2O4/c1-4-5-17-6-8-18(9-7-17)21(26)14-15-23(28)29-16-22(27)24-19-10-12-20(13-11-19)25(2)3/h6-13H,4-5,14-16H2,1-3H3,(H,24,27). The molecular formula is C23H28N2O4. The lowest BCUT2D eigenvalue weighted by Gasteiger charge is -2.13. The molecule has 0 unspecified atom stereocenters. The molecule has 2 rings (SSSR count). The van der Waals surface area contributed by atoms with Gasteiger partial charge in [-0.2, -0.15) is 0 Å². The third-order valence-corrected chi connectivity index (χ3v) is 4.40. The molecule has 0 spiro atoms. The molecule has 0 bridgehead atoms. The minimum Gasteiger partial charge on any atom is -0.456 e. The quantitative estimate of drug-likeness (QED) is 0.488. The highest BCUT2D eigenvalue weighted by Gasteiger charge is 2.12. The van der Waals surface area contributed by atoms with Gasteiger partial charge in [-0.1, -0.05) is 37.6 Å². The number of aryl methyl sites for hydroxylation is 1. The van der Waals surface area contributed by atoms with Crippen LogP contribution >= 0.6 is 0 Å². The summed E-state index contributed by atoms with van der Waals surface area (Å²) in [5, 5.41) is 2.67. The molecule has 29 heavy (non-hydrogen) atoms. The number of ketones is 1. The first kappa shape index (κ1) is 22.1.